The Bertz CT molecular complexity index is 1460. The van der Waals surface area contributed by atoms with Gasteiger partial charge in [-0.2, -0.15) is 0 Å². The predicted molar refractivity (Wildman–Crippen MR) is 156 cm³/mol. The van der Waals surface area contributed by atoms with E-state index in [0.29, 0.717) is 47.8 Å². The third kappa shape index (κ3) is 6.20. The molecule has 3 aromatic rings. The van der Waals surface area contributed by atoms with Crippen molar-refractivity contribution in [1.29, 1.82) is 0 Å². The normalized spacial score (nSPS) is 18.5. The summed E-state index contributed by atoms with van der Waals surface area (Å²) in [7, 11) is 3.14. The number of hydrogen-bond acceptors (Lipinski definition) is 7. The number of esters is 1. The average molecular weight is 554 g/mol. The van der Waals surface area contributed by atoms with Crippen LogP contribution in [0.15, 0.2) is 101 Å². The van der Waals surface area contributed by atoms with E-state index in [0.717, 1.165) is 22.4 Å². The highest BCUT2D eigenvalue weighted by Gasteiger charge is 2.41. The van der Waals surface area contributed by atoms with Gasteiger partial charge >= 0.3 is 5.97 Å². The highest BCUT2D eigenvalue weighted by molar-refractivity contribution is 6.04. The quantitative estimate of drug-likeness (QED) is 0.250. The number of dihydropyridines is 1. The molecular formula is C34H35NO6. The van der Waals surface area contributed by atoms with Crippen molar-refractivity contribution >= 4 is 11.8 Å². The van der Waals surface area contributed by atoms with Crippen molar-refractivity contribution in [2.75, 3.05) is 27.4 Å². The Balaban J connectivity index is 1.52. The average Bonchev–Trinajstić information content (AvgIpc) is 3.00. The van der Waals surface area contributed by atoms with Gasteiger partial charge in [0.05, 0.1) is 19.3 Å². The lowest BCUT2D eigenvalue weighted by atomic mass is 9.71. The van der Waals surface area contributed by atoms with E-state index in [-0.39, 0.29) is 24.9 Å². The molecule has 0 fully saturated rings. The maximum atomic E-state index is 13.9. The molecule has 0 amide bonds. The second-order valence-electron chi connectivity index (χ2n) is 10.2. The molecule has 3 aromatic carbocycles. The van der Waals surface area contributed by atoms with Gasteiger partial charge in [-0.1, -0.05) is 66.7 Å². The maximum absolute atomic E-state index is 13.9. The van der Waals surface area contributed by atoms with Crippen LogP contribution in [-0.2, 0) is 25.7 Å². The highest BCUT2D eigenvalue weighted by atomic mass is 16.6. The number of rotatable bonds is 10. The monoisotopic (exact) mass is 553 g/mol. The van der Waals surface area contributed by atoms with Gasteiger partial charge in [-0.05, 0) is 48.1 Å². The number of allylic oxidation sites excluding steroid dienone is 3. The summed E-state index contributed by atoms with van der Waals surface area (Å²) in [4.78, 5) is 27.3. The maximum Gasteiger partial charge on any atom is 0.336 e. The lowest BCUT2D eigenvalue weighted by molar-refractivity contribution is -0.140. The molecule has 41 heavy (non-hydrogen) atoms. The van der Waals surface area contributed by atoms with Crippen LogP contribution in [0.5, 0.6) is 11.5 Å². The zero-order valence-electron chi connectivity index (χ0n) is 23.6. The number of nitrogens with one attached hydrogen (secondary N) is 1. The van der Waals surface area contributed by atoms with Crippen LogP contribution in [0.25, 0.3) is 0 Å². The molecule has 2 atom stereocenters. The number of carbonyl (C=O) groups excluding carboxylic acids is 2. The summed E-state index contributed by atoms with van der Waals surface area (Å²) in [6.07, 6.45) is 1.03. The second-order valence-corrected chi connectivity index (χ2v) is 10.2. The first-order valence-corrected chi connectivity index (χ1v) is 13.8. The summed E-state index contributed by atoms with van der Waals surface area (Å²) >= 11 is 0. The zero-order valence-corrected chi connectivity index (χ0v) is 23.6. The summed E-state index contributed by atoms with van der Waals surface area (Å²) in [5.74, 6) is 0.0756. The van der Waals surface area contributed by atoms with Gasteiger partial charge in [-0.15, -0.1) is 0 Å². The van der Waals surface area contributed by atoms with E-state index >= 15 is 0 Å². The Morgan fingerprint density at radius 1 is 0.878 bits per heavy atom. The molecule has 0 spiro atoms. The van der Waals surface area contributed by atoms with Crippen LogP contribution < -0.4 is 14.8 Å². The molecule has 5 rings (SSSR count). The predicted octanol–water partition coefficient (Wildman–Crippen LogP) is 5.83. The molecule has 0 radical (unpaired) electrons. The van der Waals surface area contributed by atoms with Crippen LogP contribution in [0.4, 0.5) is 0 Å². The number of carbonyl (C=O) groups is 2. The van der Waals surface area contributed by atoms with Crippen molar-refractivity contribution in [1.82, 2.24) is 5.32 Å². The molecule has 212 valence electrons. The fourth-order valence-electron chi connectivity index (χ4n) is 5.62. The molecule has 7 nitrogen and oxygen atoms in total. The summed E-state index contributed by atoms with van der Waals surface area (Å²) in [6, 6.07) is 25.6. The Kier molecular flexibility index (Phi) is 8.85. The van der Waals surface area contributed by atoms with Gasteiger partial charge in [-0.3, -0.25) is 4.79 Å². The number of methoxy groups -OCH3 is 2. The number of hydrogen-bond donors (Lipinski definition) is 1. The Morgan fingerprint density at radius 2 is 1.61 bits per heavy atom. The molecule has 0 aromatic heterocycles. The number of ketones is 1. The summed E-state index contributed by atoms with van der Waals surface area (Å²) in [5, 5.41) is 3.40. The van der Waals surface area contributed by atoms with Gasteiger partial charge in [0.2, 0.25) is 0 Å². The molecule has 1 heterocycles. The van der Waals surface area contributed by atoms with Gasteiger partial charge in [-0.25, -0.2) is 4.79 Å². The minimum atomic E-state index is -0.609. The Hall–Kier alpha value is -4.36. The fourth-order valence-corrected chi connectivity index (χ4v) is 5.62. The van der Waals surface area contributed by atoms with Gasteiger partial charge in [0.1, 0.15) is 13.2 Å². The first-order chi connectivity index (χ1) is 20.0. The third-order valence-corrected chi connectivity index (χ3v) is 7.60. The van der Waals surface area contributed by atoms with Crippen LogP contribution in [0.3, 0.4) is 0 Å². The zero-order chi connectivity index (χ0) is 28.8. The van der Waals surface area contributed by atoms with Gasteiger partial charge < -0.3 is 24.3 Å². The number of ether oxygens (including phenoxy) is 4. The third-order valence-electron chi connectivity index (χ3n) is 7.60. The van der Waals surface area contributed by atoms with E-state index in [1.807, 2.05) is 73.7 Å². The second kappa shape index (κ2) is 12.9. The van der Waals surface area contributed by atoms with E-state index < -0.39 is 11.9 Å². The molecule has 1 aliphatic heterocycles. The first-order valence-electron chi connectivity index (χ1n) is 13.8. The van der Waals surface area contributed by atoms with Crippen molar-refractivity contribution in [3.05, 3.63) is 118 Å². The summed E-state index contributed by atoms with van der Waals surface area (Å²) < 4.78 is 22.4. The molecule has 0 unspecified atom stereocenters. The van der Waals surface area contributed by atoms with Crippen LogP contribution in [0.1, 0.15) is 48.3 Å². The standard InChI is InChI=1S/C34H35NO6/c1-22-31(34(37)40-17-16-38-2)32(33-27(35-22)18-26(19-28(33)36)24-12-8-5-9-13-24)25-14-15-29(30(20-25)39-3)41-21-23-10-6-4-7-11-23/h4-15,20,26,32,35H,16-19,21H2,1-3H3/t26-,32+/m0/s1. The summed E-state index contributed by atoms with van der Waals surface area (Å²) in [6.45, 7) is 2.64. The van der Waals surface area contributed by atoms with Gasteiger partial charge in [0.15, 0.2) is 17.3 Å². The lowest BCUT2D eigenvalue weighted by Gasteiger charge is -2.36. The SMILES string of the molecule is COCCOC(=O)C1=C(C)NC2=C(C(=O)C[C@@H](c3ccccc3)C2)[C@@H]1c1ccc(OCc2ccccc2)c(OC)c1. The van der Waals surface area contributed by atoms with Crippen molar-refractivity contribution in [3.8, 4) is 11.5 Å². The molecule has 0 bridgehead atoms. The highest BCUT2D eigenvalue weighted by Crippen LogP contribution is 2.47. The summed E-state index contributed by atoms with van der Waals surface area (Å²) in [5.41, 5.74) is 5.43. The Morgan fingerprint density at radius 3 is 2.32 bits per heavy atom. The number of benzene rings is 3. The van der Waals surface area contributed by atoms with Crippen LogP contribution in [-0.4, -0.2) is 39.2 Å². The van der Waals surface area contributed by atoms with E-state index in [1.54, 1.807) is 14.2 Å². The van der Waals surface area contributed by atoms with Crippen molar-refractivity contribution in [3.63, 3.8) is 0 Å². The van der Waals surface area contributed by atoms with E-state index in [9.17, 15) is 9.59 Å². The molecular weight excluding hydrogens is 518 g/mol. The minimum absolute atomic E-state index is 0.00988. The van der Waals surface area contributed by atoms with Crippen LogP contribution >= 0.6 is 0 Å². The molecule has 7 heteroatoms. The lowest BCUT2D eigenvalue weighted by Crippen LogP contribution is -2.36. The molecule has 2 aliphatic rings. The minimum Gasteiger partial charge on any atom is -0.493 e. The first kappa shape index (κ1) is 28.2. The van der Waals surface area contributed by atoms with Crippen LogP contribution in [0, 0.1) is 0 Å². The number of Topliss-reactive ketones (excluding diaryl/α,β-unsaturated/α-hetero) is 1. The fraction of sp³-hybridized carbons (Fsp3) is 0.294. The van der Waals surface area contributed by atoms with Gasteiger partial charge in [0.25, 0.3) is 0 Å². The smallest absolute Gasteiger partial charge is 0.336 e. The van der Waals surface area contributed by atoms with Crippen molar-refractivity contribution in [2.24, 2.45) is 0 Å². The van der Waals surface area contributed by atoms with E-state index in [2.05, 4.69) is 17.4 Å². The molecule has 1 N–H and O–H groups in total. The molecule has 1 aliphatic carbocycles. The molecule has 0 saturated carbocycles. The van der Waals surface area contributed by atoms with Crippen molar-refractivity contribution < 1.29 is 28.5 Å². The van der Waals surface area contributed by atoms with E-state index in [1.165, 1.54) is 0 Å². The topological polar surface area (TPSA) is 83.1 Å². The Labute approximate surface area is 240 Å². The van der Waals surface area contributed by atoms with Crippen LogP contribution in [0.2, 0.25) is 0 Å². The van der Waals surface area contributed by atoms with Crippen molar-refractivity contribution in [2.45, 2.75) is 38.2 Å². The van der Waals surface area contributed by atoms with E-state index in [4.69, 9.17) is 18.9 Å². The molecule has 0 saturated heterocycles. The largest absolute Gasteiger partial charge is 0.493 e. The van der Waals surface area contributed by atoms with Gasteiger partial charge in [0, 0.05) is 36.4 Å².